The number of fused-ring (bicyclic) bond motifs is 1. The van der Waals surface area contributed by atoms with E-state index in [9.17, 15) is 9.59 Å². The molecule has 1 unspecified atom stereocenters. The fourth-order valence-electron chi connectivity index (χ4n) is 3.25. The first kappa shape index (κ1) is 16.3. The number of Topliss-reactive ketones (excluding diaryl/α,β-unsaturated/α-hetero) is 1. The summed E-state index contributed by atoms with van der Waals surface area (Å²) < 4.78 is 2.07. The summed E-state index contributed by atoms with van der Waals surface area (Å²) in [7, 11) is 0. The highest BCUT2D eigenvalue weighted by atomic mass is 32.2. The van der Waals surface area contributed by atoms with Crippen LogP contribution in [0.15, 0.2) is 29.7 Å². The van der Waals surface area contributed by atoms with Crippen LogP contribution in [0.4, 0.5) is 5.69 Å². The van der Waals surface area contributed by atoms with Gasteiger partial charge in [0.15, 0.2) is 10.9 Å². The number of carbonyl (C=O) groups excluding carboxylic acids is 2. The minimum Gasteiger partial charge on any atom is -0.312 e. The summed E-state index contributed by atoms with van der Waals surface area (Å²) in [5.74, 6) is 0.126. The van der Waals surface area contributed by atoms with Crippen molar-refractivity contribution in [3.63, 3.8) is 0 Å². The molecule has 4 rings (SSSR count). The maximum Gasteiger partial charge on any atom is 0.223 e. The minimum atomic E-state index is -0.231. The average molecular weight is 356 g/mol. The molecule has 0 N–H and O–H groups in total. The monoisotopic (exact) mass is 356 g/mol. The first-order valence-corrected chi connectivity index (χ1v) is 9.44. The lowest BCUT2D eigenvalue weighted by molar-refractivity contribution is -0.116. The number of carbonyl (C=O) groups is 2. The first-order chi connectivity index (χ1) is 12.0. The van der Waals surface area contributed by atoms with Crippen molar-refractivity contribution in [3.05, 3.63) is 35.7 Å². The van der Waals surface area contributed by atoms with Gasteiger partial charge in [-0.15, -0.1) is 10.2 Å². The SMILES string of the molecule is CC(=O)N1CCc2cc(C(=O)C(C)Sc3nncn3C3CC3)ccc21. The van der Waals surface area contributed by atoms with Gasteiger partial charge in [-0.25, -0.2) is 0 Å². The average Bonchev–Trinajstić information content (AvgIpc) is 3.18. The van der Waals surface area contributed by atoms with Crippen LogP contribution in [-0.4, -0.2) is 38.2 Å². The van der Waals surface area contributed by atoms with Gasteiger partial charge in [-0.2, -0.15) is 0 Å². The van der Waals surface area contributed by atoms with E-state index in [4.69, 9.17) is 0 Å². The predicted molar refractivity (Wildman–Crippen MR) is 96.1 cm³/mol. The Labute approximate surface area is 150 Å². The van der Waals surface area contributed by atoms with Crippen LogP contribution in [0, 0.1) is 0 Å². The Kier molecular flexibility index (Phi) is 4.11. The van der Waals surface area contributed by atoms with E-state index in [-0.39, 0.29) is 16.9 Å². The van der Waals surface area contributed by atoms with Gasteiger partial charge in [-0.05, 0) is 49.9 Å². The van der Waals surface area contributed by atoms with Crippen molar-refractivity contribution < 1.29 is 9.59 Å². The number of aromatic nitrogens is 3. The standard InChI is InChI=1S/C18H20N4O2S/c1-11(25-18-20-19-10-22(18)15-4-5-15)17(24)14-3-6-16-13(9-14)7-8-21(16)12(2)23/h3,6,9-11,15H,4-5,7-8H2,1-2H3. The van der Waals surface area contributed by atoms with E-state index in [1.807, 2.05) is 25.1 Å². The maximum absolute atomic E-state index is 12.8. The zero-order valence-corrected chi connectivity index (χ0v) is 15.1. The highest BCUT2D eigenvalue weighted by Gasteiger charge is 2.29. The molecule has 1 aliphatic carbocycles. The number of hydrogen-bond acceptors (Lipinski definition) is 5. The van der Waals surface area contributed by atoms with Crippen LogP contribution in [0.2, 0.25) is 0 Å². The highest BCUT2D eigenvalue weighted by Crippen LogP contribution is 2.38. The molecule has 1 amide bonds. The lowest BCUT2D eigenvalue weighted by Crippen LogP contribution is -2.25. The van der Waals surface area contributed by atoms with Crippen molar-refractivity contribution in [2.75, 3.05) is 11.4 Å². The lowest BCUT2D eigenvalue weighted by atomic mass is 10.0. The Hall–Kier alpha value is -2.15. The summed E-state index contributed by atoms with van der Waals surface area (Å²) in [4.78, 5) is 26.2. The van der Waals surface area contributed by atoms with Crippen LogP contribution < -0.4 is 4.90 Å². The van der Waals surface area contributed by atoms with Crippen LogP contribution in [-0.2, 0) is 11.2 Å². The molecule has 2 heterocycles. The molecule has 7 heteroatoms. The van der Waals surface area contributed by atoms with Gasteiger partial charge in [0.05, 0.1) is 5.25 Å². The number of rotatable bonds is 5. The second kappa shape index (κ2) is 6.29. The van der Waals surface area contributed by atoms with Crippen molar-refractivity contribution in [2.45, 2.75) is 49.6 Å². The van der Waals surface area contributed by atoms with Crippen molar-refractivity contribution in [2.24, 2.45) is 0 Å². The van der Waals surface area contributed by atoms with Gasteiger partial charge >= 0.3 is 0 Å². The Morgan fingerprint density at radius 3 is 2.84 bits per heavy atom. The second-order valence-corrected chi connectivity index (χ2v) is 7.95. The molecule has 1 atom stereocenters. The van der Waals surface area contributed by atoms with E-state index < -0.39 is 0 Å². The first-order valence-electron chi connectivity index (χ1n) is 8.56. The van der Waals surface area contributed by atoms with Crippen LogP contribution in [0.25, 0.3) is 0 Å². The van der Waals surface area contributed by atoms with Gasteiger partial charge in [0.25, 0.3) is 0 Å². The molecule has 2 aliphatic rings. The summed E-state index contributed by atoms with van der Waals surface area (Å²) in [5.41, 5.74) is 2.69. The van der Waals surface area contributed by atoms with E-state index in [1.54, 1.807) is 18.2 Å². The van der Waals surface area contributed by atoms with Gasteiger partial charge in [0.2, 0.25) is 5.91 Å². The number of anilines is 1. The second-order valence-electron chi connectivity index (χ2n) is 6.64. The molecule has 1 fully saturated rings. The zero-order chi connectivity index (χ0) is 17.6. The third-order valence-electron chi connectivity index (χ3n) is 4.77. The molecule has 130 valence electrons. The highest BCUT2D eigenvalue weighted by molar-refractivity contribution is 8.00. The summed E-state index contributed by atoms with van der Waals surface area (Å²) in [6.07, 6.45) is 4.87. The number of amides is 1. The Balaban J connectivity index is 1.51. The van der Waals surface area contributed by atoms with Crippen molar-refractivity contribution in [1.82, 2.24) is 14.8 Å². The van der Waals surface area contributed by atoms with Gasteiger partial charge < -0.3 is 9.47 Å². The quantitative estimate of drug-likeness (QED) is 0.609. The number of nitrogens with zero attached hydrogens (tertiary/aromatic N) is 4. The Morgan fingerprint density at radius 2 is 2.12 bits per heavy atom. The third-order valence-corrected chi connectivity index (χ3v) is 5.84. The Bertz CT molecular complexity index is 843. The molecule has 1 aromatic heterocycles. The number of thioether (sulfide) groups is 1. The maximum atomic E-state index is 12.8. The predicted octanol–water partition coefficient (Wildman–Crippen LogP) is 2.89. The van der Waals surface area contributed by atoms with Gasteiger partial charge in [0.1, 0.15) is 6.33 Å². The topological polar surface area (TPSA) is 68.1 Å². The fraction of sp³-hybridized carbons (Fsp3) is 0.444. The molecule has 1 aliphatic heterocycles. The normalized spacial score (nSPS) is 17.4. The van der Waals surface area contributed by atoms with Gasteiger partial charge in [-0.3, -0.25) is 9.59 Å². The smallest absolute Gasteiger partial charge is 0.223 e. The molecule has 2 aromatic rings. The van der Waals surface area contributed by atoms with E-state index in [2.05, 4.69) is 14.8 Å². The molecule has 25 heavy (non-hydrogen) atoms. The number of benzene rings is 1. The van der Waals surface area contributed by atoms with E-state index in [0.29, 0.717) is 18.2 Å². The largest absolute Gasteiger partial charge is 0.312 e. The molecular formula is C18H20N4O2S. The van der Waals surface area contributed by atoms with E-state index in [0.717, 1.165) is 35.7 Å². The molecule has 6 nitrogen and oxygen atoms in total. The molecule has 0 saturated heterocycles. The fourth-order valence-corrected chi connectivity index (χ4v) is 4.22. The lowest BCUT2D eigenvalue weighted by Gasteiger charge is -2.15. The summed E-state index contributed by atoms with van der Waals surface area (Å²) in [6.45, 7) is 4.17. The minimum absolute atomic E-state index is 0.0427. The van der Waals surface area contributed by atoms with Crippen molar-refractivity contribution in [1.29, 1.82) is 0 Å². The van der Waals surface area contributed by atoms with Gasteiger partial charge in [0, 0.05) is 30.8 Å². The molecule has 0 bridgehead atoms. The van der Waals surface area contributed by atoms with Gasteiger partial charge in [-0.1, -0.05) is 11.8 Å². The zero-order valence-electron chi connectivity index (χ0n) is 14.3. The third kappa shape index (κ3) is 3.08. The number of hydrogen-bond donors (Lipinski definition) is 0. The van der Waals surface area contributed by atoms with Crippen molar-refractivity contribution in [3.8, 4) is 0 Å². The Morgan fingerprint density at radius 1 is 1.32 bits per heavy atom. The molecule has 0 radical (unpaired) electrons. The van der Waals surface area contributed by atoms with Crippen LogP contribution in [0.5, 0.6) is 0 Å². The molecule has 0 spiro atoms. The van der Waals surface area contributed by atoms with E-state index >= 15 is 0 Å². The van der Waals surface area contributed by atoms with Crippen LogP contribution in [0.1, 0.15) is 48.7 Å². The van der Waals surface area contributed by atoms with E-state index in [1.165, 1.54) is 11.8 Å². The van der Waals surface area contributed by atoms with Crippen LogP contribution >= 0.6 is 11.8 Å². The number of ketones is 1. The molecule has 1 saturated carbocycles. The molecular weight excluding hydrogens is 336 g/mol. The summed E-state index contributed by atoms with van der Waals surface area (Å²) in [6, 6.07) is 6.15. The molecule has 1 aromatic carbocycles. The summed E-state index contributed by atoms with van der Waals surface area (Å²) >= 11 is 1.46. The van der Waals surface area contributed by atoms with Crippen LogP contribution in [0.3, 0.4) is 0 Å². The summed E-state index contributed by atoms with van der Waals surface area (Å²) in [5, 5.41) is 8.73. The van der Waals surface area contributed by atoms with Crippen molar-refractivity contribution >= 4 is 29.1 Å².